The van der Waals surface area contributed by atoms with Gasteiger partial charge in [0.15, 0.2) is 0 Å². The predicted molar refractivity (Wildman–Crippen MR) is 81.9 cm³/mol. The monoisotopic (exact) mass is 281 g/mol. The van der Waals surface area contributed by atoms with Crippen LogP contribution in [-0.4, -0.2) is 19.0 Å². The SMILES string of the molecule is COC(=O)c1ccccc1NC(=O)C=Cc1ccccc1. The molecule has 0 aliphatic rings. The molecule has 0 unspecified atom stereocenters. The molecule has 0 aliphatic heterocycles. The van der Waals surface area contributed by atoms with Gasteiger partial charge in [-0.2, -0.15) is 0 Å². The molecule has 0 bridgehead atoms. The maximum atomic E-state index is 11.9. The molecule has 1 amide bonds. The molecule has 0 spiro atoms. The number of anilines is 1. The summed E-state index contributed by atoms with van der Waals surface area (Å²) in [5, 5.41) is 2.67. The summed E-state index contributed by atoms with van der Waals surface area (Å²) in [6.45, 7) is 0. The number of carbonyl (C=O) groups excluding carboxylic acids is 2. The molecule has 0 atom stereocenters. The molecule has 0 saturated carbocycles. The van der Waals surface area contributed by atoms with Crippen molar-refractivity contribution in [3.05, 3.63) is 71.8 Å². The Morgan fingerprint density at radius 2 is 1.67 bits per heavy atom. The van der Waals surface area contributed by atoms with Crippen LogP contribution in [0, 0.1) is 0 Å². The first-order valence-corrected chi connectivity index (χ1v) is 6.42. The minimum absolute atomic E-state index is 0.310. The zero-order chi connectivity index (χ0) is 15.1. The van der Waals surface area contributed by atoms with E-state index in [0.29, 0.717) is 11.3 Å². The number of para-hydroxylation sites is 1. The van der Waals surface area contributed by atoms with Crippen molar-refractivity contribution in [2.24, 2.45) is 0 Å². The molecule has 0 radical (unpaired) electrons. The number of ether oxygens (including phenoxy) is 1. The molecule has 0 fully saturated rings. The Balaban J connectivity index is 2.10. The van der Waals surface area contributed by atoms with Gasteiger partial charge in [-0.05, 0) is 23.8 Å². The summed E-state index contributed by atoms with van der Waals surface area (Å²) in [6, 6.07) is 16.2. The highest BCUT2D eigenvalue weighted by atomic mass is 16.5. The van der Waals surface area contributed by atoms with Gasteiger partial charge in [-0.15, -0.1) is 0 Å². The van der Waals surface area contributed by atoms with E-state index in [-0.39, 0.29) is 5.91 Å². The molecular formula is C17H15NO3. The summed E-state index contributed by atoms with van der Waals surface area (Å²) in [5.41, 5.74) is 1.67. The Morgan fingerprint density at radius 1 is 1.00 bits per heavy atom. The van der Waals surface area contributed by atoms with Crippen molar-refractivity contribution in [1.29, 1.82) is 0 Å². The van der Waals surface area contributed by atoms with E-state index >= 15 is 0 Å². The van der Waals surface area contributed by atoms with Crippen LogP contribution in [0.5, 0.6) is 0 Å². The smallest absolute Gasteiger partial charge is 0.339 e. The van der Waals surface area contributed by atoms with E-state index in [1.54, 1.807) is 30.3 Å². The molecule has 2 aromatic rings. The van der Waals surface area contributed by atoms with Gasteiger partial charge in [0.1, 0.15) is 0 Å². The Morgan fingerprint density at radius 3 is 2.38 bits per heavy atom. The van der Waals surface area contributed by atoms with Crippen LogP contribution in [0.25, 0.3) is 6.08 Å². The van der Waals surface area contributed by atoms with Crippen LogP contribution in [0.1, 0.15) is 15.9 Å². The molecule has 2 aromatic carbocycles. The number of hydrogen-bond donors (Lipinski definition) is 1. The number of carbonyl (C=O) groups is 2. The number of rotatable bonds is 4. The number of nitrogens with one attached hydrogen (secondary N) is 1. The fraction of sp³-hybridized carbons (Fsp3) is 0.0588. The first kappa shape index (κ1) is 14.5. The van der Waals surface area contributed by atoms with Crippen molar-refractivity contribution >= 4 is 23.6 Å². The highest BCUT2D eigenvalue weighted by Gasteiger charge is 2.11. The molecule has 106 valence electrons. The van der Waals surface area contributed by atoms with Crippen molar-refractivity contribution in [3.63, 3.8) is 0 Å². The maximum absolute atomic E-state index is 11.9. The summed E-state index contributed by atoms with van der Waals surface area (Å²) in [7, 11) is 1.30. The molecule has 0 saturated heterocycles. The molecule has 4 nitrogen and oxygen atoms in total. The number of benzene rings is 2. The second-order valence-electron chi connectivity index (χ2n) is 4.27. The highest BCUT2D eigenvalue weighted by Crippen LogP contribution is 2.16. The van der Waals surface area contributed by atoms with Crippen LogP contribution >= 0.6 is 0 Å². The lowest BCUT2D eigenvalue weighted by Crippen LogP contribution is -2.12. The van der Waals surface area contributed by atoms with Crippen LogP contribution in [0.15, 0.2) is 60.7 Å². The first-order chi connectivity index (χ1) is 10.2. The lowest BCUT2D eigenvalue weighted by Gasteiger charge is -2.07. The lowest BCUT2D eigenvalue weighted by molar-refractivity contribution is -0.111. The molecule has 0 aliphatic carbocycles. The normalized spacial score (nSPS) is 10.3. The summed E-state index contributed by atoms with van der Waals surface area (Å²) < 4.78 is 4.68. The molecule has 4 heteroatoms. The second kappa shape index (κ2) is 7.05. The van der Waals surface area contributed by atoms with E-state index in [9.17, 15) is 9.59 Å². The third kappa shape index (κ3) is 4.04. The Labute approximate surface area is 123 Å². The lowest BCUT2D eigenvalue weighted by atomic mass is 10.1. The minimum atomic E-state index is -0.488. The van der Waals surface area contributed by atoms with Gasteiger partial charge < -0.3 is 10.1 Å². The number of methoxy groups -OCH3 is 1. The van der Waals surface area contributed by atoms with Crippen LogP contribution in [0.3, 0.4) is 0 Å². The van der Waals surface area contributed by atoms with Gasteiger partial charge in [0, 0.05) is 6.08 Å². The average Bonchev–Trinajstić information content (AvgIpc) is 2.54. The van der Waals surface area contributed by atoms with Crippen molar-refractivity contribution in [2.75, 3.05) is 12.4 Å². The third-order valence-corrected chi connectivity index (χ3v) is 2.82. The van der Waals surface area contributed by atoms with Crippen LogP contribution < -0.4 is 5.32 Å². The van der Waals surface area contributed by atoms with Gasteiger partial charge in [0.05, 0.1) is 18.4 Å². The van der Waals surface area contributed by atoms with E-state index in [1.807, 2.05) is 30.3 Å². The van der Waals surface area contributed by atoms with E-state index in [0.717, 1.165) is 5.56 Å². The summed E-state index contributed by atoms with van der Waals surface area (Å²) in [4.78, 5) is 23.5. The van der Waals surface area contributed by atoms with E-state index in [1.165, 1.54) is 13.2 Å². The van der Waals surface area contributed by atoms with Gasteiger partial charge in [-0.1, -0.05) is 42.5 Å². The van der Waals surface area contributed by atoms with Crippen LogP contribution in [-0.2, 0) is 9.53 Å². The Hall–Kier alpha value is -2.88. The van der Waals surface area contributed by atoms with Gasteiger partial charge in [0.2, 0.25) is 5.91 Å². The molecule has 0 aromatic heterocycles. The van der Waals surface area contributed by atoms with Gasteiger partial charge >= 0.3 is 5.97 Å². The Kier molecular flexibility index (Phi) is 4.88. The molecular weight excluding hydrogens is 266 g/mol. The van der Waals surface area contributed by atoms with E-state index in [2.05, 4.69) is 10.1 Å². The van der Waals surface area contributed by atoms with Gasteiger partial charge in [-0.3, -0.25) is 4.79 Å². The topological polar surface area (TPSA) is 55.4 Å². The molecule has 2 rings (SSSR count). The summed E-state index contributed by atoms with van der Waals surface area (Å²) >= 11 is 0. The van der Waals surface area contributed by atoms with Gasteiger partial charge in [0.25, 0.3) is 0 Å². The van der Waals surface area contributed by atoms with Crippen LogP contribution in [0.4, 0.5) is 5.69 Å². The second-order valence-corrected chi connectivity index (χ2v) is 4.27. The zero-order valence-electron chi connectivity index (χ0n) is 11.6. The summed E-state index contributed by atoms with van der Waals surface area (Å²) in [5.74, 6) is -0.798. The zero-order valence-corrected chi connectivity index (χ0v) is 11.6. The van der Waals surface area contributed by atoms with E-state index < -0.39 is 5.97 Å². The number of esters is 1. The van der Waals surface area contributed by atoms with Crippen molar-refractivity contribution in [3.8, 4) is 0 Å². The maximum Gasteiger partial charge on any atom is 0.339 e. The first-order valence-electron chi connectivity index (χ1n) is 6.42. The van der Waals surface area contributed by atoms with E-state index in [4.69, 9.17) is 0 Å². The fourth-order valence-corrected chi connectivity index (χ4v) is 1.79. The quantitative estimate of drug-likeness (QED) is 0.692. The largest absolute Gasteiger partial charge is 0.465 e. The predicted octanol–water partition coefficient (Wildman–Crippen LogP) is 3.13. The number of hydrogen-bond acceptors (Lipinski definition) is 3. The van der Waals surface area contributed by atoms with Crippen molar-refractivity contribution < 1.29 is 14.3 Å². The Bertz CT molecular complexity index is 663. The van der Waals surface area contributed by atoms with Crippen molar-refractivity contribution in [2.45, 2.75) is 0 Å². The molecule has 1 N–H and O–H groups in total. The van der Waals surface area contributed by atoms with Gasteiger partial charge in [-0.25, -0.2) is 4.79 Å². The fourth-order valence-electron chi connectivity index (χ4n) is 1.79. The minimum Gasteiger partial charge on any atom is -0.465 e. The highest BCUT2D eigenvalue weighted by molar-refractivity contribution is 6.06. The average molecular weight is 281 g/mol. The summed E-state index contributed by atoms with van der Waals surface area (Å²) in [6.07, 6.45) is 3.12. The molecule has 0 heterocycles. The third-order valence-electron chi connectivity index (χ3n) is 2.82. The van der Waals surface area contributed by atoms with Crippen molar-refractivity contribution in [1.82, 2.24) is 0 Å². The standard InChI is InChI=1S/C17H15NO3/c1-21-17(20)14-9-5-6-10-15(14)18-16(19)12-11-13-7-3-2-4-8-13/h2-12H,1H3,(H,18,19). The van der Waals surface area contributed by atoms with Crippen LogP contribution in [0.2, 0.25) is 0 Å². The molecule has 21 heavy (non-hydrogen) atoms. The number of amides is 1.